The maximum Gasteiger partial charge on any atom is 0.242 e. The van der Waals surface area contributed by atoms with Crippen LogP contribution in [0.1, 0.15) is 10.8 Å². The number of halogens is 1. The molecule has 0 aromatic heterocycles. The molecule has 4 aromatic carbocycles. The molecule has 4 rings (SSSR count). The SMILES string of the molecule is COc1ccc(NC(=O)C(Sc2cccc(NC(=S)Nc3ccccc3)c2)c2ccccc2)cc1Cl. The molecule has 5 nitrogen and oxygen atoms in total. The molecule has 0 radical (unpaired) electrons. The molecule has 0 spiro atoms. The largest absolute Gasteiger partial charge is 0.495 e. The molecule has 4 aromatic rings. The van der Waals surface area contributed by atoms with E-state index in [1.54, 1.807) is 25.3 Å². The van der Waals surface area contributed by atoms with Crippen molar-refractivity contribution in [1.82, 2.24) is 0 Å². The van der Waals surface area contributed by atoms with Gasteiger partial charge in [-0.05, 0) is 66.3 Å². The number of carbonyl (C=O) groups is 1. The number of benzene rings is 4. The summed E-state index contributed by atoms with van der Waals surface area (Å²) in [5, 5.41) is 9.78. The zero-order valence-corrected chi connectivity index (χ0v) is 21.8. The van der Waals surface area contributed by atoms with Crippen LogP contribution >= 0.6 is 35.6 Å². The van der Waals surface area contributed by atoms with Gasteiger partial charge in [0.15, 0.2) is 5.11 Å². The minimum atomic E-state index is -0.489. The summed E-state index contributed by atoms with van der Waals surface area (Å²) in [5.74, 6) is 0.389. The van der Waals surface area contributed by atoms with Crippen LogP contribution in [0.3, 0.4) is 0 Å². The van der Waals surface area contributed by atoms with Crippen molar-refractivity contribution in [2.24, 2.45) is 0 Å². The van der Waals surface area contributed by atoms with Gasteiger partial charge >= 0.3 is 0 Å². The molecule has 1 unspecified atom stereocenters. The molecule has 3 N–H and O–H groups in total. The van der Waals surface area contributed by atoms with E-state index in [4.69, 9.17) is 28.6 Å². The molecule has 0 saturated carbocycles. The van der Waals surface area contributed by atoms with Crippen molar-refractivity contribution in [3.05, 3.63) is 114 Å². The molecule has 0 saturated heterocycles. The summed E-state index contributed by atoms with van der Waals surface area (Å²) in [5.41, 5.74) is 3.21. The van der Waals surface area contributed by atoms with Crippen LogP contribution in [0.2, 0.25) is 5.02 Å². The summed E-state index contributed by atoms with van der Waals surface area (Å²) in [6.07, 6.45) is 0. The minimum Gasteiger partial charge on any atom is -0.495 e. The molecule has 0 heterocycles. The van der Waals surface area contributed by atoms with Gasteiger partial charge < -0.3 is 20.7 Å². The molecule has 182 valence electrons. The standard InChI is InChI=1S/C28H24ClN3O2S2/c1-34-25-16-15-22(18-24(25)29)30-27(33)26(19-9-4-2-5-10-19)36-23-14-8-13-21(17-23)32-28(35)31-20-11-6-3-7-12-20/h2-18,26H,1H3,(H,30,33)(H2,31,32,35). The van der Waals surface area contributed by atoms with E-state index in [-0.39, 0.29) is 5.91 Å². The van der Waals surface area contributed by atoms with Crippen LogP contribution in [0.15, 0.2) is 108 Å². The number of anilines is 3. The fourth-order valence-electron chi connectivity index (χ4n) is 3.45. The third-order valence-corrected chi connectivity index (χ3v) is 6.88. The zero-order chi connectivity index (χ0) is 25.3. The number of amides is 1. The highest BCUT2D eigenvalue weighted by Crippen LogP contribution is 2.37. The second kappa shape index (κ2) is 12.4. The third-order valence-electron chi connectivity index (χ3n) is 5.14. The Morgan fingerprint density at radius 1 is 0.806 bits per heavy atom. The predicted molar refractivity (Wildman–Crippen MR) is 154 cm³/mol. The second-order valence-electron chi connectivity index (χ2n) is 7.72. The lowest BCUT2D eigenvalue weighted by Gasteiger charge is -2.18. The number of nitrogens with one attached hydrogen (secondary N) is 3. The molecule has 8 heteroatoms. The van der Waals surface area contributed by atoms with Crippen molar-refractivity contribution >= 4 is 63.7 Å². The summed E-state index contributed by atoms with van der Waals surface area (Å²) < 4.78 is 5.20. The molecule has 0 aliphatic carbocycles. The van der Waals surface area contributed by atoms with Crippen LogP contribution in [-0.2, 0) is 4.79 Å². The van der Waals surface area contributed by atoms with Gasteiger partial charge in [-0.15, -0.1) is 11.8 Å². The van der Waals surface area contributed by atoms with Crippen molar-refractivity contribution in [2.45, 2.75) is 10.1 Å². The number of para-hydroxylation sites is 1. The number of hydrogen-bond acceptors (Lipinski definition) is 4. The van der Waals surface area contributed by atoms with Gasteiger partial charge in [-0.25, -0.2) is 0 Å². The average Bonchev–Trinajstić information content (AvgIpc) is 2.88. The molecular weight excluding hydrogens is 510 g/mol. The molecule has 0 aliphatic heterocycles. The van der Waals surface area contributed by atoms with Crippen molar-refractivity contribution in [1.29, 1.82) is 0 Å². The number of hydrogen-bond donors (Lipinski definition) is 3. The number of ether oxygens (including phenoxy) is 1. The van der Waals surface area contributed by atoms with Gasteiger partial charge in [-0.2, -0.15) is 0 Å². The lowest BCUT2D eigenvalue weighted by Crippen LogP contribution is -2.19. The Bertz CT molecular complexity index is 1340. The number of carbonyl (C=O) groups excluding carboxylic acids is 1. The van der Waals surface area contributed by atoms with Gasteiger partial charge in [0.05, 0.1) is 12.1 Å². The first-order chi connectivity index (χ1) is 17.5. The summed E-state index contributed by atoms with van der Waals surface area (Å²) in [7, 11) is 1.55. The summed E-state index contributed by atoms with van der Waals surface area (Å²) in [6, 6.07) is 32.3. The molecule has 0 bridgehead atoms. The van der Waals surface area contributed by atoms with E-state index in [2.05, 4.69) is 16.0 Å². The summed E-state index contributed by atoms with van der Waals surface area (Å²) in [6.45, 7) is 0. The molecule has 1 atom stereocenters. The monoisotopic (exact) mass is 533 g/mol. The fourth-order valence-corrected chi connectivity index (χ4v) is 5.03. The number of rotatable bonds is 8. The van der Waals surface area contributed by atoms with Gasteiger partial charge in [0.1, 0.15) is 11.0 Å². The van der Waals surface area contributed by atoms with Gasteiger partial charge in [-0.1, -0.05) is 66.2 Å². The third kappa shape index (κ3) is 7.01. The molecular formula is C28H24ClN3O2S2. The maximum atomic E-state index is 13.4. The van der Waals surface area contributed by atoms with Crippen molar-refractivity contribution in [3.63, 3.8) is 0 Å². The Morgan fingerprint density at radius 2 is 1.44 bits per heavy atom. The van der Waals surface area contributed by atoms with E-state index >= 15 is 0 Å². The van der Waals surface area contributed by atoms with E-state index in [1.165, 1.54) is 11.8 Å². The Morgan fingerprint density at radius 3 is 2.14 bits per heavy atom. The molecule has 0 aliphatic rings. The molecule has 1 amide bonds. The predicted octanol–water partition coefficient (Wildman–Crippen LogP) is 7.63. The first-order valence-electron chi connectivity index (χ1n) is 11.1. The number of thioether (sulfide) groups is 1. The van der Waals surface area contributed by atoms with Gasteiger partial charge in [0.2, 0.25) is 5.91 Å². The number of thiocarbonyl (C=S) groups is 1. The highest BCUT2D eigenvalue weighted by molar-refractivity contribution is 8.00. The Kier molecular flexibility index (Phi) is 8.84. The lowest BCUT2D eigenvalue weighted by atomic mass is 10.1. The summed E-state index contributed by atoms with van der Waals surface area (Å²) >= 11 is 13.2. The maximum absolute atomic E-state index is 13.4. The smallest absolute Gasteiger partial charge is 0.242 e. The Balaban J connectivity index is 1.50. The number of methoxy groups -OCH3 is 1. The van der Waals surface area contributed by atoms with Gasteiger partial charge in [0, 0.05) is 22.0 Å². The normalized spacial score (nSPS) is 11.3. The first kappa shape index (κ1) is 25.6. The van der Waals surface area contributed by atoms with Gasteiger partial charge in [-0.3, -0.25) is 4.79 Å². The topological polar surface area (TPSA) is 62.4 Å². The molecule has 36 heavy (non-hydrogen) atoms. The van der Waals surface area contributed by atoms with Crippen LogP contribution in [-0.4, -0.2) is 18.1 Å². The van der Waals surface area contributed by atoms with E-state index in [1.807, 2.05) is 84.9 Å². The van der Waals surface area contributed by atoms with E-state index in [0.717, 1.165) is 21.8 Å². The quantitative estimate of drug-likeness (QED) is 0.160. The van der Waals surface area contributed by atoms with Gasteiger partial charge in [0.25, 0.3) is 0 Å². The lowest BCUT2D eigenvalue weighted by molar-refractivity contribution is -0.115. The van der Waals surface area contributed by atoms with Crippen LogP contribution < -0.4 is 20.7 Å². The van der Waals surface area contributed by atoms with Crippen LogP contribution in [0.5, 0.6) is 5.75 Å². The van der Waals surface area contributed by atoms with Crippen LogP contribution in [0, 0.1) is 0 Å². The highest BCUT2D eigenvalue weighted by atomic mass is 35.5. The van der Waals surface area contributed by atoms with E-state index in [9.17, 15) is 4.79 Å². The summed E-state index contributed by atoms with van der Waals surface area (Å²) in [4.78, 5) is 14.3. The minimum absolute atomic E-state index is 0.160. The first-order valence-corrected chi connectivity index (χ1v) is 12.8. The van der Waals surface area contributed by atoms with Crippen molar-refractivity contribution < 1.29 is 9.53 Å². The average molecular weight is 534 g/mol. The van der Waals surface area contributed by atoms with Crippen molar-refractivity contribution in [3.8, 4) is 5.75 Å². The zero-order valence-electron chi connectivity index (χ0n) is 19.4. The van der Waals surface area contributed by atoms with Crippen molar-refractivity contribution in [2.75, 3.05) is 23.1 Å². The highest BCUT2D eigenvalue weighted by Gasteiger charge is 2.22. The Hall–Kier alpha value is -3.52. The fraction of sp³-hybridized carbons (Fsp3) is 0.0714. The second-order valence-corrected chi connectivity index (χ2v) is 9.71. The van der Waals surface area contributed by atoms with Crippen LogP contribution in [0.25, 0.3) is 0 Å². The van der Waals surface area contributed by atoms with Crippen LogP contribution in [0.4, 0.5) is 17.1 Å². The van der Waals surface area contributed by atoms with E-state index < -0.39 is 5.25 Å². The molecule has 0 fully saturated rings. The Labute approximate surface area is 225 Å². The van der Waals surface area contributed by atoms with E-state index in [0.29, 0.717) is 21.6 Å².